The van der Waals surface area contributed by atoms with E-state index in [1.54, 1.807) is 49.7 Å². The number of methoxy groups -OCH3 is 1. The lowest BCUT2D eigenvalue weighted by molar-refractivity contribution is 0.102. The first-order valence-electron chi connectivity index (χ1n) is 5.61. The Bertz CT molecular complexity index is 586. The van der Waals surface area contributed by atoms with Gasteiger partial charge in [-0.2, -0.15) is 0 Å². The lowest BCUT2D eigenvalue weighted by Gasteiger charge is -2.09. The number of carbonyl (C=O) groups is 1. The summed E-state index contributed by atoms with van der Waals surface area (Å²) < 4.78 is 5.09. The maximum absolute atomic E-state index is 12.1. The molecule has 4 N–H and O–H groups in total. The van der Waals surface area contributed by atoms with Gasteiger partial charge in [-0.25, -0.2) is 10.8 Å². The van der Waals surface area contributed by atoms with Crippen LogP contribution >= 0.6 is 0 Å². The van der Waals surface area contributed by atoms with Crippen molar-refractivity contribution < 1.29 is 9.53 Å². The molecular formula is C13H14N4O2. The summed E-state index contributed by atoms with van der Waals surface area (Å²) in [4.78, 5) is 16.1. The third kappa shape index (κ3) is 2.99. The number of carbonyl (C=O) groups excluding carboxylic acids is 1. The van der Waals surface area contributed by atoms with E-state index in [2.05, 4.69) is 15.7 Å². The van der Waals surface area contributed by atoms with E-state index < -0.39 is 0 Å². The molecular weight excluding hydrogens is 244 g/mol. The summed E-state index contributed by atoms with van der Waals surface area (Å²) in [5.41, 5.74) is 3.39. The number of pyridine rings is 1. The third-order valence-electron chi connectivity index (χ3n) is 2.52. The number of anilines is 2. The van der Waals surface area contributed by atoms with Gasteiger partial charge in [0.15, 0.2) is 5.82 Å². The summed E-state index contributed by atoms with van der Waals surface area (Å²) in [6, 6.07) is 10.4. The van der Waals surface area contributed by atoms with Gasteiger partial charge < -0.3 is 15.5 Å². The maximum atomic E-state index is 12.1. The van der Waals surface area contributed by atoms with Crippen LogP contribution in [0, 0.1) is 0 Å². The summed E-state index contributed by atoms with van der Waals surface area (Å²) in [6.45, 7) is 0. The van der Waals surface area contributed by atoms with Crippen LogP contribution in [0.2, 0.25) is 0 Å². The molecule has 0 spiro atoms. The molecule has 2 aromatic rings. The Morgan fingerprint density at radius 3 is 2.89 bits per heavy atom. The molecule has 0 saturated carbocycles. The quantitative estimate of drug-likeness (QED) is 0.573. The van der Waals surface area contributed by atoms with Crippen LogP contribution in [-0.4, -0.2) is 18.0 Å². The first kappa shape index (κ1) is 12.8. The molecule has 1 aromatic carbocycles. The minimum atomic E-state index is -0.297. The van der Waals surface area contributed by atoms with E-state index in [1.165, 1.54) is 0 Å². The zero-order valence-corrected chi connectivity index (χ0v) is 10.4. The van der Waals surface area contributed by atoms with Crippen LogP contribution in [0.3, 0.4) is 0 Å². The Labute approximate surface area is 110 Å². The van der Waals surface area contributed by atoms with E-state index in [9.17, 15) is 4.79 Å². The molecule has 2 rings (SSSR count). The van der Waals surface area contributed by atoms with Gasteiger partial charge in [0.25, 0.3) is 5.91 Å². The minimum Gasteiger partial charge on any atom is -0.497 e. The number of hydrogen-bond donors (Lipinski definition) is 3. The fourth-order valence-corrected chi connectivity index (χ4v) is 1.60. The summed E-state index contributed by atoms with van der Waals surface area (Å²) in [5, 5.41) is 2.75. The molecule has 0 aliphatic rings. The molecule has 0 atom stereocenters. The van der Waals surface area contributed by atoms with Gasteiger partial charge in [0.1, 0.15) is 5.75 Å². The van der Waals surface area contributed by atoms with Crippen molar-refractivity contribution in [3.63, 3.8) is 0 Å². The van der Waals surface area contributed by atoms with Gasteiger partial charge in [-0.15, -0.1) is 0 Å². The number of nitrogen functional groups attached to an aromatic ring is 1. The van der Waals surface area contributed by atoms with E-state index in [0.717, 1.165) is 0 Å². The Hall–Kier alpha value is -2.60. The molecule has 1 amide bonds. The Morgan fingerprint density at radius 1 is 1.32 bits per heavy atom. The van der Waals surface area contributed by atoms with Gasteiger partial charge in [-0.1, -0.05) is 6.07 Å². The molecule has 0 aliphatic heterocycles. The van der Waals surface area contributed by atoms with Crippen LogP contribution in [0.4, 0.5) is 11.5 Å². The highest BCUT2D eigenvalue weighted by atomic mass is 16.5. The normalized spacial score (nSPS) is 9.79. The number of hydrazine groups is 1. The highest BCUT2D eigenvalue weighted by Gasteiger charge is 2.11. The van der Waals surface area contributed by atoms with Crippen molar-refractivity contribution in [2.24, 2.45) is 5.84 Å². The minimum absolute atomic E-state index is 0.297. The van der Waals surface area contributed by atoms with Gasteiger partial charge in [-0.3, -0.25) is 4.79 Å². The van der Waals surface area contributed by atoms with Crippen molar-refractivity contribution in [2.75, 3.05) is 17.9 Å². The molecule has 0 aliphatic carbocycles. The number of nitrogens with one attached hydrogen (secondary N) is 2. The summed E-state index contributed by atoms with van der Waals surface area (Å²) in [7, 11) is 1.57. The molecule has 0 unspecified atom stereocenters. The Morgan fingerprint density at radius 2 is 2.16 bits per heavy atom. The van der Waals surface area contributed by atoms with E-state index in [1.807, 2.05) is 0 Å². The van der Waals surface area contributed by atoms with Gasteiger partial charge in [0.05, 0.1) is 12.7 Å². The van der Waals surface area contributed by atoms with Crippen molar-refractivity contribution in [1.82, 2.24) is 4.98 Å². The molecule has 6 nitrogen and oxygen atoms in total. The number of aromatic nitrogens is 1. The standard InChI is InChI=1S/C13H14N4O2/c1-19-10-5-2-4-9(8-10)16-13(18)11-6-3-7-15-12(11)17-14/h2-8H,14H2,1H3,(H,15,17)(H,16,18). The topological polar surface area (TPSA) is 89.3 Å². The molecule has 1 aromatic heterocycles. The van der Waals surface area contributed by atoms with Crippen LogP contribution in [0.15, 0.2) is 42.6 Å². The Kier molecular flexibility index (Phi) is 3.94. The summed E-state index contributed by atoms with van der Waals surface area (Å²) in [5.74, 6) is 6.01. The number of nitrogens with zero attached hydrogens (tertiary/aromatic N) is 1. The molecule has 6 heteroatoms. The van der Waals surface area contributed by atoms with Crippen molar-refractivity contribution in [3.8, 4) is 5.75 Å². The molecule has 0 fully saturated rings. The molecule has 19 heavy (non-hydrogen) atoms. The van der Waals surface area contributed by atoms with E-state index >= 15 is 0 Å². The number of ether oxygens (including phenoxy) is 1. The number of hydrogen-bond acceptors (Lipinski definition) is 5. The summed E-state index contributed by atoms with van der Waals surface area (Å²) in [6.07, 6.45) is 1.55. The van der Waals surface area contributed by atoms with E-state index in [4.69, 9.17) is 10.6 Å². The average molecular weight is 258 g/mol. The van der Waals surface area contributed by atoms with Crippen LogP contribution in [-0.2, 0) is 0 Å². The fourth-order valence-electron chi connectivity index (χ4n) is 1.60. The maximum Gasteiger partial charge on any atom is 0.259 e. The van der Waals surface area contributed by atoms with Crippen molar-refractivity contribution in [2.45, 2.75) is 0 Å². The van der Waals surface area contributed by atoms with E-state index in [-0.39, 0.29) is 5.91 Å². The molecule has 1 heterocycles. The first-order valence-corrected chi connectivity index (χ1v) is 5.61. The monoisotopic (exact) mass is 258 g/mol. The number of benzene rings is 1. The molecule has 0 radical (unpaired) electrons. The van der Waals surface area contributed by atoms with Crippen LogP contribution in [0.5, 0.6) is 5.75 Å². The van der Waals surface area contributed by atoms with Crippen LogP contribution in [0.25, 0.3) is 0 Å². The highest BCUT2D eigenvalue weighted by Crippen LogP contribution is 2.18. The second-order valence-corrected chi connectivity index (χ2v) is 3.73. The zero-order chi connectivity index (χ0) is 13.7. The average Bonchev–Trinajstić information content (AvgIpc) is 2.47. The molecule has 98 valence electrons. The zero-order valence-electron chi connectivity index (χ0n) is 10.4. The lowest BCUT2D eigenvalue weighted by atomic mass is 10.2. The van der Waals surface area contributed by atoms with Gasteiger partial charge in [0, 0.05) is 18.0 Å². The Balaban J connectivity index is 2.20. The van der Waals surface area contributed by atoms with Crippen LogP contribution < -0.4 is 21.3 Å². The van der Waals surface area contributed by atoms with Gasteiger partial charge in [0.2, 0.25) is 0 Å². The van der Waals surface area contributed by atoms with Crippen LogP contribution in [0.1, 0.15) is 10.4 Å². The number of nitrogens with two attached hydrogens (primary N) is 1. The van der Waals surface area contributed by atoms with Gasteiger partial charge in [-0.05, 0) is 24.3 Å². The van der Waals surface area contributed by atoms with Gasteiger partial charge >= 0.3 is 0 Å². The predicted molar refractivity (Wildman–Crippen MR) is 73.0 cm³/mol. The first-order chi connectivity index (χ1) is 9.24. The SMILES string of the molecule is COc1cccc(NC(=O)c2cccnc2NN)c1. The smallest absolute Gasteiger partial charge is 0.259 e. The van der Waals surface area contributed by atoms with Crippen molar-refractivity contribution >= 4 is 17.4 Å². The van der Waals surface area contributed by atoms with E-state index in [0.29, 0.717) is 22.8 Å². The lowest BCUT2D eigenvalue weighted by Crippen LogP contribution is -2.18. The number of rotatable bonds is 4. The molecule has 0 bridgehead atoms. The second kappa shape index (κ2) is 5.83. The van der Waals surface area contributed by atoms with Crippen molar-refractivity contribution in [1.29, 1.82) is 0 Å². The van der Waals surface area contributed by atoms with Crippen molar-refractivity contribution in [3.05, 3.63) is 48.2 Å². The highest BCUT2D eigenvalue weighted by molar-refractivity contribution is 6.07. The largest absolute Gasteiger partial charge is 0.497 e. The number of amides is 1. The summed E-state index contributed by atoms with van der Waals surface area (Å²) >= 11 is 0. The second-order valence-electron chi connectivity index (χ2n) is 3.73. The predicted octanol–water partition coefficient (Wildman–Crippen LogP) is 1.63. The fraction of sp³-hybridized carbons (Fsp3) is 0.0769. The molecule has 0 saturated heterocycles. The third-order valence-corrected chi connectivity index (χ3v) is 2.52.